The standard InChI is InChI=1S/C16H17BrClNO/c1-3-20-13-7-4-11(5-8-13)16(2,19)14-9-6-12(17)10-15(14)18/h4-10H,3,19H2,1-2H3. The third kappa shape index (κ3) is 3.17. The zero-order chi connectivity index (χ0) is 14.8. The molecule has 2 N–H and O–H groups in total. The molecule has 2 rings (SSSR count). The Morgan fingerprint density at radius 2 is 1.85 bits per heavy atom. The Bertz CT molecular complexity index is 596. The summed E-state index contributed by atoms with van der Waals surface area (Å²) in [6.07, 6.45) is 0. The van der Waals surface area contributed by atoms with E-state index in [0.717, 1.165) is 21.3 Å². The van der Waals surface area contributed by atoms with Gasteiger partial charge in [-0.2, -0.15) is 0 Å². The third-order valence-corrected chi connectivity index (χ3v) is 4.06. The Balaban J connectivity index is 2.38. The van der Waals surface area contributed by atoms with Crippen LogP contribution in [0.15, 0.2) is 46.9 Å². The highest BCUT2D eigenvalue weighted by Crippen LogP contribution is 2.34. The minimum Gasteiger partial charge on any atom is -0.494 e. The van der Waals surface area contributed by atoms with Crippen LogP contribution in [-0.2, 0) is 5.54 Å². The number of halogens is 2. The van der Waals surface area contributed by atoms with E-state index in [1.54, 1.807) is 0 Å². The maximum Gasteiger partial charge on any atom is 0.119 e. The first-order chi connectivity index (χ1) is 9.45. The van der Waals surface area contributed by atoms with Crippen LogP contribution in [0.4, 0.5) is 0 Å². The van der Waals surface area contributed by atoms with Crippen molar-refractivity contribution in [2.75, 3.05) is 6.61 Å². The summed E-state index contributed by atoms with van der Waals surface area (Å²) >= 11 is 9.71. The molecule has 0 aromatic heterocycles. The smallest absolute Gasteiger partial charge is 0.119 e. The van der Waals surface area contributed by atoms with Crippen LogP contribution in [0.3, 0.4) is 0 Å². The summed E-state index contributed by atoms with van der Waals surface area (Å²) in [5.74, 6) is 0.842. The monoisotopic (exact) mass is 353 g/mol. The Hall–Kier alpha value is -1.03. The molecule has 4 heteroatoms. The van der Waals surface area contributed by atoms with E-state index in [2.05, 4.69) is 15.9 Å². The quantitative estimate of drug-likeness (QED) is 0.862. The van der Waals surface area contributed by atoms with Crippen LogP contribution in [0.25, 0.3) is 0 Å². The van der Waals surface area contributed by atoms with E-state index in [-0.39, 0.29) is 0 Å². The Morgan fingerprint density at radius 3 is 2.40 bits per heavy atom. The highest BCUT2D eigenvalue weighted by Gasteiger charge is 2.26. The maximum absolute atomic E-state index is 6.49. The molecule has 2 nitrogen and oxygen atoms in total. The lowest BCUT2D eigenvalue weighted by molar-refractivity contribution is 0.340. The number of rotatable bonds is 4. The Labute approximate surface area is 133 Å². The molecule has 106 valence electrons. The van der Waals surface area contributed by atoms with Crippen LogP contribution >= 0.6 is 27.5 Å². The van der Waals surface area contributed by atoms with Gasteiger partial charge in [0.25, 0.3) is 0 Å². The van der Waals surface area contributed by atoms with E-state index in [0.29, 0.717) is 11.6 Å². The van der Waals surface area contributed by atoms with E-state index < -0.39 is 5.54 Å². The number of hydrogen-bond donors (Lipinski definition) is 1. The first-order valence-electron chi connectivity index (χ1n) is 6.43. The van der Waals surface area contributed by atoms with Crippen LogP contribution in [-0.4, -0.2) is 6.61 Å². The molecule has 2 aromatic carbocycles. The Morgan fingerprint density at radius 1 is 1.20 bits per heavy atom. The molecule has 2 aromatic rings. The number of benzene rings is 2. The summed E-state index contributed by atoms with van der Waals surface area (Å²) in [7, 11) is 0. The highest BCUT2D eigenvalue weighted by atomic mass is 79.9. The first-order valence-corrected chi connectivity index (χ1v) is 7.60. The van der Waals surface area contributed by atoms with Crippen LogP contribution in [0, 0.1) is 0 Å². The van der Waals surface area contributed by atoms with Crippen LogP contribution in [0.2, 0.25) is 5.02 Å². The Kier molecular flexibility index (Phi) is 4.74. The summed E-state index contributed by atoms with van der Waals surface area (Å²) in [5, 5.41) is 0.651. The second-order valence-corrected chi connectivity index (χ2v) is 6.11. The van der Waals surface area contributed by atoms with Gasteiger partial charge >= 0.3 is 0 Å². The van der Waals surface area contributed by atoms with Crippen molar-refractivity contribution in [3.8, 4) is 5.75 Å². The fourth-order valence-corrected chi connectivity index (χ4v) is 3.00. The maximum atomic E-state index is 6.49. The molecule has 20 heavy (non-hydrogen) atoms. The topological polar surface area (TPSA) is 35.2 Å². The highest BCUT2D eigenvalue weighted by molar-refractivity contribution is 9.10. The lowest BCUT2D eigenvalue weighted by Gasteiger charge is -2.27. The minimum atomic E-state index is -0.650. The van der Waals surface area contributed by atoms with Crippen molar-refractivity contribution in [1.82, 2.24) is 0 Å². The van der Waals surface area contributed by atoms with Gasteiger partial charge in [0, 0.05) is 9.50 Å². The van der Waals surface area contributed by atoms with Gasteiger partial charge < -0.3 is 10.5 Å². The molecule has 1 atom stereocenters. The lowest BCUT2D eigenvalue weighted by Crippen LogP contribution is -2.34. The molecule has 0 radical (unpaired) electrons. The van der Waals surface area contributed by atoms with Crippen molar-refractivity contribution in [1.29, 1.82) is 0 Å². The fraction of sp³-hybridized carbons (Fsp3) is 0.250. The van der Waals surface area contributed by atoms with Crippen LogP contribution in [0.1, 0.15) is 25.0 Å². The van der Waals surface area contributed by atoms with E-state index in [1.165, 1.54) is 0 Å². The fourth-order valence-electron chi connectivity index (χ4n) is 2.13. The molecule has 0 aliphatic carbocycles. The van der Waals surface area contributed by atoms with Crippen molar-refractivity contribution < 1.29 is 4.74 Å². The molecular formula is C16H17BrClNO. The molecule has 0 amide bonds. The second-order valence-electron chi connectivity index (χ2n) is 4.78. The average Bonchev–Trinajstić information content (AvgIpc) is 2.39. The van der Waals surface area contributed by atoms with Crippen LogP contribution < -0.4 is 10.5 Å². The zero-order valence-corrected chi connectivity index (χ0v) is 13.8. The van der Waals surface area contributed by atoms with Gasteiger partial charge in [0.2, 0.25) is 0 Å². The summed E-state index contributed by atoms with van der Waals surface area (Å²) in [6.45, 7) is 4.57. The molecule has 0 saturated carbocycles. The van der Waals surface area contributed by atoms with Gasteiger partial charge in [-0.15, -0.1) is 0 Å². The molecule has 0 bridgehead atoms. The summed E-state index contributed by atoms with van der Waals surface area (Å²) in [6, 6.07) is 13.6. The van der Waals surface area contributed by atoms with Gasteiger partial charge in [-0.3, -0.25) is 0 Å². The molecule has 0 aliphatic rings. The van der Waals surface area contributed by atoms with Gasteiger partial charge in [0.1, 0.15) is 5.75 Å². The van der Waals surface area contributed by atoms with Crippen molar-refractivity contribution in [2.24, 2.45) is 5.73 Å². The van der Waals surface area contributed by atoms with E-state index in [9.17, 15) is 0 Å². The van der Waals surface area contributed by atoms with Crippen molar-refractivity contribution in [2.45, 2.75) is 19.4 Å². The molecule has 0 fully saturated rings. The van der Waals surface area contributed by atoms with Gasteiger partial charge in [-0.25, -0.2) is 0 Å². The summed E-state index contributed by atoms with van der Waals surface area (Å²) in [4.78, 5) is 0. The summed E-state index contributed by atoms with van der Waals surface area (Å²) < 4.78 is 6.38. The predicted octanol–water partition coefficient (Wildman–Crippen LogP) is 4.72. The molecular weight excluding hydrogens is 338 g/mol. The van der Waals surface area contributed by atoms with Crippen molar-refractivity contribution >= 4 is 27.5 Å². The summed E-state index contributed by atoms with van der Waals surface area (Å²) in [5.41, 5.74) is 7.73. The van der Waals surface area contributed by atoms with E-state index in [4.69, 9.17) is 22.1 Å². The lowest BCUT2D eigenvalue weighted by atomic mass is 9.85. The zero-order valence-electron chi connectivity index (χ0n) is 11.5. The van der Waals surface area contributed by atoms with Gasteiger partial charge in [0.15, 0.2) is 0 Å². The van der Waals surface area contributed by atoms with Crippen molar-refractivity contribution in [3.63, 3.8) is 0 Å². The SMILES string of the molecule is CCOc1ccc(C(C)(N)c2ccc(Br)cc2Cl)cc1. The molecule has 1 unspecified atom stereocenters. The number of nitrogens with two attached hydrogens (primary N) is 1. The first kappa shape index (κ1) is 15.4. The minimum absolute atomic E-state index is 0.650. The van der Waals surface area contributed by atoms with Crippen molar-refractivity contribution in [3.05, 3.63) is 63.1 Å². The molecule has 0 heterocycles. The van der Waals surface area contributed by atoms with Gasteiger partial charge in [-0.1, -0.05) is 45.7 Å². The largest absolute Gasteiger partial charge is 0.494 e. The average molecular weight is 355 g/mol. The third-order valence-electron chi connectivity index (χ3n) is 3.26. The number of ether oxygens (including phenoxy) is 1. The van der Waals surface area contributed by atoms with Gasteiger partial charge in [-0.05, 0) is 49.2 Å². The van der Waals surface area contributed by atoms with E-state index in [1.807, 2.05) is 56.3 Å². The number of hydrogen-bond acceptors (Lipinski definition) is 2. The molecule has 0 saturated heterocycles. The second kappa shape index (κ2) is 6.17. The van der Waals surface area contributed by atoms with Crippen LogP contribution in [0.5, 0.6) is 5.75 Å². The normalized spacial score (nSPS) is 13.8. The molecule has 0 spiro atoms. The van der Waals surface area contributed by atoms with E-state index >= 15 is 0 Å². The molecule has 0 aliphatic heterocycles. The predicted molar refractivity (Wildman–Crippen MR) is 87.4 cm³/mol. The van der Waals surface area contributed by atoms with Gasteiger partial charge in [0.05, 0.1) is 12.1 Å².